The van der Waals surface area contributed by atoms with Crippen LogP contribution in [0, 0.1) is 5.92 Å². The zero-order valence-electron chi connectivity index (χ0n) is 65.3. The quantitative estimate of drug-likeness (QED) is 0.0360. The average Bonchev–Trinajstić information content (AvgIpc) is 3.60. The van der Waals surface area contributed by atoms with Gasteiger partial charge in [0.2, 0.25) is 0 Å². The average molecular weight is 1290 g/mol. The molecule has 0 aromatic rings. The fourth-order valence-corrected chi connectivity index (χ4v) is 7.35. The maximum Gasteiger partial charge on any atom is 0.302 e. The van der Waals surface area contributed by atoms with Gasteiger partial charge in [0.05, 0.1) is 12.7 Å². The maximum atomic E-state index is 10.5. The van der Waals surface area contributed by atoms with Crippen molar-refractivity contribution in [2.45, 2.75) is 303 Å². The second-order valence-corrected chi connectivity index (χ2v) is 25.8. The summed E-state index contributed by atoms with van der Waals surface area (Å²) in [5.74, 6) is -0.186. The van der Waals surface area contributed by atoms with Gasteiger partial charge in [0.1, 0.15) is 19.8 Å². The molecule has 0 spiro atoms. The van der Waals surface area contributed by atoms with Crippen molar-refractivity contribution in [1.82, 2.24) is 0 Å². The molecule has 92 heavy (non-hydrogen) atoms. The van der Waals surface area contributed by atoms with E-state index in [9.17, 15) is 19.2 Å². The first-order chi connectivity index (χ1) is 42.8. The molecule has 0 saturated heterocycles. The normalized spacial score (nSPS) is 11.6. The molecule has 530 valence electrons. The molecule has 9 nitrogen and oxygen atoms in total. The minimum absolute atomic E-state index is 0.206. The van der Waals surface area contributed by atoms with E-state index in [1.54, 1.807) is 7.11 Å². The zero-order chi connectivity index (χ0) is 72.4. The number of ether oxygens (including phenoxy) is 5. The topological polar surface area (TPSA) is 114 Å². The number of esters is 4. The van der Waals surface area contributed by atoms with E-state index in [0.29, 0.717) is 32.3 Å². The van der Waals surface area contributed by atoms with Crippen LogP contribution in [0.1, 0.15) is 297 Å². The number of hydrogen-bond acceptors (Lipinski definition) is 9. The molecule has 0 rings (SSSR count). The lowest BCUT2D eigenvalue weighted by molar-refractivity contribution is -0.141. The summed E-state index contributed by atoms with van der Waals surface area (Å²) < 4.78 is 24.4. The number of allylic oxidation sites excluding steroid dienone is 23. The zero-order valence-corrected chi connectivity index (χ0v) is 65.3. The molecule has 0 bridgehead atoms. The Morgan fingerprint density at radius 2 is 0.543 bits per heavy atom. The van der Waals surface area contributed by atoms with Gasteiger partial charge in [0.15, 0.2) is 0 Å². The summed E-state index contributed by atoms with van der Waals surface area (Å²) in [7, 11) is 1.74. The van der Waals surface area contributed by atoms with Crippen molar-refractivity contribution in [2.24, 2.45) is 5.92 Å². The van der Waals surface area contributed by atoms with Gasteiger partial charge >= 0.3 is 23.9 Å². The molecule has 0 heterocycles. The summed E-state index contributed by atoms with van der Waals surface area (Å²) in [5.41, 5.74) is 19.1. The largest absolute Gasteiger partial charge is 0.466 e. The molecule has 9 heteroatoms. The van der Waals surface area contributed by atoms with Crippen molar-refractivity contribution in [3.8, 4) is 0 Å². The first-order valence-electron chi connectivity index (χ1n) is 34.0. The van der Waals surface area contributed by atoms with Crippen LogP contribution < -0.4 is 0 Å². The van der Waals surface area contributed by atoms with Crippen molar-refractivity contribution in [3.63, 3.8) is 0 Å². The third-order valence-corrected chi connectivity index (χ3v) is 12.6. The van der Waals surface area contributed by atoms with Crippen LogP contribution in [0.4, 0.5) is 0 Å². The Balaban J connectivity index is -0.000000184. The molecule has 0 aliphatic heterocycles. The Kier molecular flexibility index (Phi) is 77.0. The summed E-state index contributed by atoms with van der Waals surface area (Å²) in [4.78, 5) is 41.9. The monoisotopic (exact) mass is 1290 g/mol. The highest BCUT2D eigenvalue weighted by Gasteiger charge is 1.98. The SMILES string of the molecule is CC(=O)OC/C=C(/C)CCC=C(C)C.CC(=O)OC/C=C(/C)CCC=C(C)C.CC(=O)OC/C=C(/C)CCC=C(C)C.CC(=O)OCC/C(C)=C/CC=C(C)C.CC(C)=CCC/C(C)=C\C(C)C.CC/C=C(/C)CCC=C(C)C.COC(C)/C=C(/C)CCC=C(C)C. The lowest BCUT2D eigenvalue weighted by atomic mass is 10.1. The van der Waals surface area contributed by atoms with Gasteiger partial charge in [-0.3, -0.25) is 19.2 Å². The van der Waals surface area contributed by atoms with E-state index in [0.717, 1.165) is 64.2 Å². The Morgan fingerprint density at radius 1 is 0.293 bits per heavy atom. The van der Waals surface area contributed by atoms with E-state index in [1.165, 1.54) is 138 Å². The van der Waals surface area contributed by atoms with Crippen LogP contribution in [-0.2, 0) is 42.9 Å². The van der Waals surface area contributed by atoms with Crippen LogP contribution in [-0.4, -0.2) is 63.5 Å². The predicted molar refractivity (Wildman–Crippen MR) is 405 cm³/mol. The number of methoxy groups -OCH3 is 1. The van der Waals surface area contributed by atoms with Crippen LogP contribution in [0.15, 0.2) is 163 Å². The molecule has 0 saturated carbocycles. The first-order valence-corrected chi connectivity index (χ1v) is 34.0. The van der Waals surface area contributed by atoms with Gasteiger partial charge in [-0.05, 0) is 266 Å². The molecule has 0 aromatic heterocycles. The minimum Gasteiger partial charge on any atom is -0.466 e. The number of hydrogen-bond donors (Lipinski definition) is 0. The van der Waals surface area contributed by atoms with Gasteiger partial charge in [-0.15, -0.1) is 0 Å². The number of rotatable bonds is 33. The van der Waals surface area contributed by atoms with Crippen LogP contribution in [0.3, 0.4) is 0 Å². The van der Waals surface area contributed by atoms with E-state index in [1.807, 2.05) is 18.2 Å². The third kappa shape index (κ3) is 109. The van der Waals surface area contributed by atoms with Gasteiger partial charge in [-0.2, -0.15) is 0 Å². The summed E-state index contributed by atoms with van der Waals surface area (Å²) in [6.07, 6.45) is 47.1. The van der Waals surface area contributed by atoms with E-state index in [4.69, 9.17) is 23.7 Å². The van der Waals surface area contributed by atoms with Gasteiger partial charge in [0.25, 0.3) is 0 Å². The van der Waals surface area contributed by atoms with Crippen LogP contribution >= 0.6 is 0 Å². The lowest BCUT2D eigenvalue weighted by Crippen LogP contribution is -2.00. The van der Waals surface area contributed by atoms with E-state index in [-0.39, 0.29) is 30.0 Å². The second kappa shape index (κ2) is 71.1. The van der Waals surface area contributed by atoms with E-state index >= 15 is 0 Å². The third-order valence-electron chi connectivity index (χ3n) is 12.6. The Morgan fingerprint density at radius 3 is 0.783 bits per heavy atom. The number of carbonyl (C=O) groups excluding carboxylic acids is 4. The molecule has 1 atom stereocenters. The van der Waals surface area contributed by atoms with Crippen molar-refractivity contribution in [3.05, 3.63) is 163 Å². The highest BCUT2D eigenvalue weighted by atomic mass is 16.5. The summed E-state index contributed by atoms with van der Waals surface area (Å²) in [6.45, 7) is 60.5. The first kappa shape index (κ1) is 99.8. The van der Waals surface area contributed by atoms with Crippen molar-refractivity contribution >= 4 is 23.9 Å². The van der Waals surface area contributed by atoms with E-state index < -0.39 is 0 Å². The lowest BCUT2D eigenvalue weighted by Gasteiger charge is -2.05. The fourth-order valence-electron chi connectivity index (χ4n) is 7.35. The van der Waals surface area contributed by atoms with E-state index in [2.05, 4.69) is 240 Å². The van der Waals surface area contributed by atoms with Crippen molar-refractivity contribution < 1.29 is 42.9 Å². The molecule has 0 fully saturated rings. The second-order valence-electron chi connectivity index (χ2n) is 25.8. The predicted octanol–water partition coefficient (Wildman–Crippen LogP) is 25.1. The molecule has 0 aromatic carbocycles. The summed E-state index contributed by atoms with van der Waals surface area (Å²) in [6, 6.07) is 0. The minimum atomic E-state index is -0.224. The Bertz CT molecular complexity index is 2240. The molecule has 0 radical (unpaired) electrons. The van der Waals surface area contributed by atoms with Gasteiger partial charge in [-0.1, -0.05) is 166 Å². The molecule has 0 N–H and O–H groups in total. The standard InChI is InChI=1S/4C12H20O2.C12H22O.C12H22.C11H20/c4*1-10(2)6-5-7-11(3)8-9-14-12(4)13;1-10(2)7-6-8-11(3)9-12(4)13-5;1-10(2)7-6-8-12(5)9-11(3)4;1-5-7-11(4)9-6-8-10(2)3/h3*6,8H,5,7,9H2,1-4H3;6-7H,5,8-9H2,1-4H3;7,9,12H,6,8H2,1-5H3;7,9,11H,6,8H2,1-5H3;7-8H,5-6,9H2,1-4H3/b3*11-8-;11-7+;11-9-;12-9-;11-7-. The molecular weight excluding hydrogens is 1140 g/mol. The van der Waals surface area contributed by atoms with Crippen molar-refractivity contribution in [2.75, 3.05) is 33.5 Å². The van der Waals surface area contributed by atoms with Crippen molar-refractivity contribution in [1.29, 1.82) is 0 Å². The summed E-state index contributed by atoms with van der Waals surface area (Å²) in [5, 5.41) is 0. The molecule has 0 aliphatic rings. The highest BCUT2D eigenvalue weighted by Crippen LogP contribution is 2.13. The van der Waals surface area contributed by atoms with Gasteiger partial charge in [0, 0.05) is 41.2 Å². The van der Waals surface area contributed by atoms with Gasteiger partial charge < -0.3 is 23.7 Å². The van der Waals surface area contributed by atoms with Crippen LogP contribution in [0.25, 0.3) is 0 Å². The maximum absolute atomic E-state index is 10.5. The molecule has 0 amide bonds. The summed E-state index contributed by atoms with van der Waals surface area (Å²) >= 11 is 0. The fraction of sp³-hybridized carbons (Fsp3) is 0.614. The number of carbonyl (C=O) groups is 4. The molecular formula is C83H144O9. The highest BCUT2D eigenvalue weighted by molar-refractivity contribution is 5.67. The molecule has 0 aliphatic carbocycles. The Labute approximate surface area is 569 Å². The van der Waals surface area contributed by atoms with Gasteiger partial charge in [-0.25, -0.2) is 0 Å². The Hall–Kier alpha value is -5.80. The smallest absolute Gasteiger partial charge is 0.302 e. The van der Waals surface area contributed by atoms with Crippen LogP contribution in [0.5, 0.6) is 0 Å². The molecule has 1 unspecified atom stereocenters. The van der Waals surface area contributed by atoms with Crippen LogP contribution in [0.2, 0.25) is 0 Å².